The molecule has 0 spiro atoms. The second-order valence-electron chi connectivity index (χ2n) is 8.54. The van der Waals surface area contributed by atoms with E-state index in [4.69, 9.17) is 9.47 Å². The van der Waals surface area contributed by atoms with Gasteiger partial charge in [0.1, 0.15) is 0 Å². The van der Waals surface area contributed by atoms with Crippen LogP contribution in [-0.2, 0) is 20.7 Å². The van der Waals surface area contributed by atoms with E-state index in [-0.39, 0.29) is 40.8 Å². The van der Waals surface area contributed by atoms with E-state index >= 15 is 0 Å². The van der Waals surface area contributed by atoms with Crippen molar-refractivity contribution in [1.29, 1.82) is 0 Å². The summed E-state index contributed by atoms with van der Waals surface area (Å²) in [6.45, 7) is 5.89. The molecule has 2 aromatic rings. The normalized spacial score (nSPS) is 27.2. The zero-order chi connectivity index (χ0) is 21.5. The summed E-state index contributed by atoms with van der Waals surface area (Å²) in [5, 5.41) is 1.30. The van der Waals surface area contributed by atoms with E-state index < -0.39 is 6.09 Å². The summed E-state index contributed by atoms with van der Waals surface area (Å²) >= 11 is 0. The number of benzene rings is 1. The molecule has 8 heteroatoms. The first-order valence-electron chi connectivity index (χ1n) is 11.0. The molecule has 4 heterocycles. The van der Waals surface area contributed by atoms with Gasteiger partial charge in [-0.1, -0.05) is 18.2 Å². The molecule has 5 rings (SSSR count). The maximum Gasteiger partial charge on any atom is 0.426 e. The van der Waals surface area contributed by atoms with Crippen molar-refractivity contribution < 1.29 is 23.3 Å². The summed E-state index contributed by atoms with van der Waals surface area (Å²) in [6, 6.07) is 8.68. The average Bonchev–Trinajstić information content (AvgIpc) is 3.16. The number of H-pyrrole nitrogens is 1. The van der Waals surface area contributed by atoms with Crippen LogP contribution in [0.25, 0.3) is 10.9 Å². The van der Waals surface area contributed by atoms with Crippen LogP contribution in [0.4, 0.5) is 4.79 Å². The van der Waals surface area contributed by atoms with Crippen molar-refractivity contribution in [2.24, 2.45) is 11.8 Å². The monoisotopic (exact) mass is 430 g/mol. The number of amides is 2. The minimum atomic E-state index is -0.678. The zero-order valence-corrected chi connectivity index (χ0v) is 17.8. The Morgan fingerprint density at radius 2 is 2.16 bits per heavy atom. The zero-order valence-electron chi connectivity index (χ0n) is 17.8. The van der Waals surface area contributed by atoms with Gasteiger partial charge in [0, 0.05) is 45.8 Å². The number of para-hydroxylation sites is 1. The van der Waals surface area contributed by atoms with Gasteiger partial charge in [-0.2, -0.15) is 0 Å². The molecule has 1 aromatic heterocycles. The number of piperidine rings is 1. The first-order valence-corrected chi connectivity index (χ1v) is 11.0. The Morgan fingerprint density at radius 1 is 1.32 bits per heavy atom. The maximum atomic E-state index is 12.9. The lowest BCUT2D eigenvalue weighted by Crippen LogP contribution is -2.53. The predicted octanol–water partition coefficient (Wildman–Crippen LogP) is 3.52. The van der Waals surface area contributed by atoms with Crippen molar-refractivity contribution in [3.8, 4) is 0 Å². The van der Waals surface area contributed by atoms with Gasteiger partial charge in [0.05, 0.1) is 30.6 Å². The van der Waals surface area contributed by atoms with E-state index in [1.165, 1.54) is 22.2 Å². The number of hydrogen-bond donors (Lipinski definition) is 3. The number of carbonyl (C=O) groups excluding carboxylic acids is 2. The number of aromatic nitrogens is 1. The smallest absolute Gasteiger partial charge is 0.426 e. The molecule has 1 fully saturated rings. The van der Waals surface area contributed by atoms with Gasteiger partial charge in [-0.3, -0.25) is 15.1 Å². The standard InChI is InChI=1S/C23H28N4O4.3H2/c1-3-30-23(29)26-25-22(28)18-12-31-13(2)17-11-27-9-8-15-14-6-4-5-7-19(14)24-21(15)20(27)10-16(17)18;;;/h4-7,12-13,16-17,20,24H,3,8-11H2,1-2H3,(H,25,28)(H,26,29);3*1H/t13-,16?,17?,20?;;;/m0.../s1. The minimum absolute atomic E-state index is 0. The summed E-state index contributed by atoms with van der Waals surface area (Å²) in [7, 11) is 0. The number of hydrogen-bond acceptors (Lipinski definition) is 5. The third-order valence-corrected chi connectivity index (χ3v) is 6.94. The minimum Gasteiger partial charge on any atom is -0.497 e. The third-order valence-electron chi connectivity index (χ3n) is 6.94. The molecule has 3 aliphatic rings. The molecular weight excluding hydrogens is 396 g/mol. The van der Waals surface area contributed by atoms with Gasteiger partial charge in [-0.25, -0.2) is 10.2 Å². The van der Waals surface area contributed by atoms with Crippen molar-refractivity contribution in [2.45, 2.75) is 38.8 Å². The van der Waals surface area contributed by atoms with Gasteiger partial charge in [0.25, 0.3) is 5.91 Å². The van der Waals surface area contributed by atoms with E-state index in [0.717, 1.165) is 25.9 Å². The Hall–Kier alpha value is -3.00. The summed E-state index contributed by atoms with van der Waals surface area (Å²) in [6.07, 6.45) is 2.78. The van der Waals surface area contributed by atoms with E-state index in [1.807, 2.05) is 0 Å². The van der Waals surface area contributed by atoms with Gasteiger partial charge in [0.2, 0.25) is 0 Å². The molecular formula is C23H34N4O4. The fourth-order valence-corrected chi connectivity index (χ4v) is 5.44. The van der Waals surface area contributed by atoms with Crippen LogP contribution < -0.4 is 10.9 Å². The lowest BCUT2D eigenvalue weighted by atomic mass is 9.72. The second kappa shape index (κ2) is 7.92. The first kappa shape index (κ1) is 19.9. The first-order chi connectivity index (χ1) is 15.1. The van der Waals surface area contributed by atoms with E-state index in [0.29, 0.717) is 5.57 Å². The van der Waals surface area contributed by atoms with Gasteiger partial charge < -0.3 is 14.5 Å². The Balaban J connectivity index is 0.00000136. The fourth-order valence-electron chi connectivity index (χ4n) is 5.44. The molecule has 3 aliphatic heterocycles. The average molecular weight is 431 g/mol. The van der Waals surface area contributed by atoms with Crippen LogP contribution in [-0.4, -0.2) is 47.7 Å². The highest BCUT2D eigenvalue weighted by molar-refractivity contribution is 5.94. The second-order valence-corrected chi connectivity index (χ2v) is 8.54. The van der Waals surface area contributed by atoms with Crippen LogP contribution in [0.2, 0.25) is 0 Å². The molecule has 0 aliphatic carbocycles. The van der Waals surface area contributed by atoms with E-state index in [2.05, 4.69) is 51.9 Å². The number of hydrazine groups is 1. The lowest BCUT2D eigenvalue weighted by molar-refractivity contribution is -0.121. The van der Waals surface area contributed by atoms with E-state index in [1.54, 1.807) is 13.2 Å². The molecule has 0 radical (unpaired) electrons. The van der Waals surface area contributed by atoms with E-state index in [9.17, 15) is 9.59 Å². The highest BCUT2D eigenvalue weighted by Crippen LogP contribution is 2.47. The van der Waals surface area contributed by atoms with Crippen LogP contribution in [0.15, 0.2) is 36.1 Å². The third kappa shape index (κ3) is 3.44. The number of ether oxygens (including phenoxy) is 2. The van der Waals surface area contributed by atoms with Crippen LogP contribution in [0, 0.1) is 11.8 Å². The maximum absolute atomic E-state index is 12.9. The van der Waals surface area contributed by atoms with Gasteiger partial charge >= 0.3 is 6.09 Å². The Kier molecular flexibility index (Phi) is 5.09. The molecule has 2 amide bonds. The van der Waals surface area contributed by atoms with Gasteiger partial charge in [-0.05, 0) is 38.3 Å². The Morgan fingerprint density at radius 3 is 3.00 bits per heavy atom. The number of carbonyl (C=O) groups is 2. The highest BCUT2D eigenvalue weighted by atomic mass is 16.6. The lowest BCUT2D eigenvalue weighted by Gasteiger charge is -2.49. The van der Waals surface area contributed by atoms with Crippen molar-refractivity contribution in [3.63, 3.8) is 0 Å². The molecule has 31 heavy (non-hydrogen) atoms. The van der Waals surface area contributed by atoms with Crippen molar-refractivity contribution in [2.75, 3.05) is 19.7 Å². The molecule has 1 aromatic carbocycles. The SMILES string of the molecule is CCOC(=O)NNC(=O)C1=CO[C@@H](C)C2CN3CCc4c([nH]c5ccccc45)C3CC12.[HH].[HH].[HH]. The van der Waals surface area contributed by atoms with Crippen LogP contribution in [0.5, 0.6) is 0 Å². The number of nitrogens with one attached hydrogen (secondary N) is 3. The Labute approximate surface area is 185 Å². The predicted molar refractivity (Wildman–Crippen MR) is 121 cm³/mol. The quantitative estimate of drug-likeness (QED) is 0.634. The molecule has 0 bridgehead atoms. The molecule has 8 nitrogen and oxygen atoms in total. The fraction of sp³-hybridized carbons (Fsp3) is 0.478. The molecule has 0 saturated carbocycles. The highest BCUT2D eigenvalue weighted by Gasteiger charge is 2.46. The van der Waals surface area contributed by atoms with Crippen LogP contribution in [0.3, 0.4) is 0 Å². The molecule has 170 valence electrons. The van der Waals surface area contributed by atoms with Crippen LogP contribution in [0.1, 0.15) is 41.8 Å². The molecule has 3 unspecified atom stereocenters. The number of nitrogens with zero attached hydrogens (tertiary/aromatic N) is 1. The number of fused-ring (bicyclic) bond motifs is 6. The van der Waals surface area contributed by atoms with Gasteiger partial charge in [0.15, 0.2) is 0 Å². The topological polar surface area (TPSA) is 95.7 Å². The number of aromatic amines is 1. The van der Waals surface area contributed by atoms with Crippen molar-refractivity contribution >= 4 is 22.9 Å². The Bertz CT molecular complexity index is 1060. The molecule has 4 atom stereocenters. The summed E-state index contributed by atoms with van der Waals surface area (Å²) in [5.74, 6) is -0.0852. The number of rotatable bonds is 2. The summed E-state index contributed by atoms with van der Waals surface area (Å²) in [5.41, 5.74) is 9.18. The van der Waals surface area contributed by atoms with Gasteiger partial charge in [-0.15, -0.1) is 0 Å². The van der Waals surface area contributed by atoms with Crippen LogP contribution >= 0.6 is 0 Å². The van der Waals surface area contributed by atoms with Crippen molar-refractivity contribution in [1.82, 2.24) is 20.7 Å². The molecule has 3 N–H and O–H groups in total. The summed E-state index contributed by atoms with van der Waals surface area (Å²) in [4.78, 5) is 30.6. The molecule has 1 saturated heterocycles. The van der Waals surface area contributed by atoms with Crippen molar-refractivity contribution in [3.05, 3.63) is 47.4 Å². The summed E-state index contributed by atoms with van der Waals surface area (Å²) < 4.78 is 10.6. The largest absolute Gasteiger partial charge is 0.497 e.